The summed E-state index contributed by atoms with van der Waals surface area (Å²) >= 11 is 0. The van der Waals surface area contributed by atoms with Gasteiger partial charge >= 0.3 is 0 Å². The van der Waals surface area contributed by atoms with Gasteiger partial charge in [0.1, 0.15) is 11.5 Å². The van der Waals surface area contributed by atoms with Crippen LogP contribution in [0.2, 0.25) is 0 Å². The molecule has 2 aromatic rings. The summed E-state index contributed by atoms with van der Waals surface area (Å²) in [6, 6.07) is 5.56. The average molecular weight is 314 g/mol. The minimum absolute atomic E-state index is 0.00839. The van der Waals surface area contributed by atoms with E-state index in [1.54, 1.807) is 6.07 Å². The van der Waals surface area contributed by atoms with Crippen LogP contribution in [0.3, 0.4) is 0 Å². The second kappa shape index (κ2) is 4.96. The zero-order valence-electron chi connectivity index (χ0n) is 13.8. The molecule has 23 heavy (non-hydrogen) atoms. The van der Waals surface area contributed by atoms with E-state index in [1.165, 1.54) is 0 Å². The number of aromatic nitrogens is 2. The van der Waals surface area contributed by atoms with Gasteiger partial charge in [-0.1, -0.05) is 6.92 Å². The van der Waals surface area contributed by atoms with Crippen molar-refractivity contribution in [2.24, 2.45) is 11.3 Å². The van der Waals surface area contributed by atoms with Gasteiger partial charge < -0.3 is 14.2 Å². The molecule has 0 spiro atoms. The molecule has 0 radical (unpaired) electrons. The average Bonchev–Trinajstić information content (AvgIpc) is 3.20. The van der Waals surface area contributed by atoms with Crippen molar-refractivity contribution in [3.63, 3.8) is 0 Å². The van der Waals surface area contributed by atoms with Crippen LogP contribution in [0.15, 0.2) is 22.6 Å². The monoisotopic (exact) mass is 314 g/mol. The zero-order chi connectivity index (χ0) is 16.2. The van der Waals surface area contributed by atoms with Crippen LogP contribution in [0.1, 0.15) is 23.2 Å². The highest BCUT2D eigenvalue weighted by atomic mass is 16.3. The Kier molecular flexibility index (Phi) is 3.13. The molecular weight excluding hydrogens is 292 g/mol. The quantitative estimate of drug-likeness (QED) is 0.921. The number of nitrogens with zero attached hydrogens (tertiary/aromatic N) is 3. The molecule has 2 fully saturated rings. The number of hydrogen-bond acceptors (Lipinski definition) is 4. The van der Waals surface area contributed by atoms with Crippen molar-refractivity contribution >= 4 is 5.91 Å². The summed E-state index contributed by atoms with van der Waals surface area (Å²) in [7, 11) is 2.15. The van der Waals surface area contributed by atoms with E-state index in [0.29, 0.717) is 17.4 Å². The Morgan fingerprint density at radius 1 is 1.39 bits per heavy atom. The molecular formula is C17H22N4O2. The number of hydrogen-bond donors (Lipinski definition) is 1. The van der Waals surface area contributed by atoms with Crippen LogP contribution < -0.4 is 0 Å². The molecule has 122 valence electrons. The summed E-state index contributed by atoms with van der Waals surface area (Å²) in [5.41, 5.74) is 1.42. The van der Waals surface area contributed by atoms with Gasteiger partial charge in [-0.15, -0.1) is 0 Å². The van der Waals surface area contributed by atoms with E-state index in [2.05, 4.69) is 29.1 Å². The molecule has 0 bridgehead atoms. The number of amides is 1. The lowest BCUT2D eigenvalue weighted by Crippen LogP contribution is -2.34. The predicted octanol–water partition coefficient (Wildman–Crippen LogP) is 2.00. The third-order valence-electron chi connectivity index (χ3n) is 5.23. The van der Waals surface area contributed by atoms with E-state index >= 15 is 0 Å². The first-order valence-electron chi connectivity index (χ1n) is 8.05. The smallest absolute Gasteiger partial charge is 0.274 e. The lowest BCUT2D eigenvalue weighted by Gasteiger charge is -2.23. The largest absolute Gasteiger partial charge is 0.460 e. The first-order chi connectivity index (χ1) is 10.9. The Balaban J connectivity index is 1.51. The number of rotatable bonds is 2. The van der Waals surface area contributed by atoms with Crippen molar-refractivity contribution in [2.75, 3.05) is 33.2 Å². The second-order valence-corrected chi connectivity index (χ2v) is 7.31. The predicted molar refractivity (Wildman–Crippen MR) is 86.0 cm³/mol. The van der Waals surface area contributed by atoms with Crippen LogP contribution in [-0.2, 0) is 0 Å². The standard InChI is InChI=1S/C17H22N4O2/c1-11-4-5-15(23-11)13-6-14(19-18-13)16(22)21-8-12-7-20(3)9-17(12,2)10-21/h4-6,12H,7-10H2,1-3H3,(H,18,19)/t12-,17+/m1/s1. The summed E-state index contributed by atoms with van der Waals surface area (Å²) in [4.78, 5) is 17.1. The lowest BCUT2D eigenvalue weighted by atomic mass is 9.83. The minimum atomic E-state index is 0.00839. The normalized spacial score (nSPS) is 27.6. The maximum absolute atomic E-state index is 12.8. The van der Waals surface area contributed by atoms with Crippen molar-refractivity contribution in [1.29, 1.82) is 0 Å². The van der Waals surface area contributed by atoms with E-state index in [1.807, 2.05) is 24.0 Å². The first kappa shape index (κ1) is 14.5. The van der Waals surface area contributed by atoms with Gasteiger partial charge in [0, 0.05) is 37.7 Å². The van der Waals surface area contributed by atoms with Gasteiger partial charge in [0.15, 0.2) is 11.5 Å². The lowest BCUT2D eigenvalue weighted by molar-refractivity contribution is 0.0759. The minimum Gasteiger partial charge on any atom is -0.460 e. The fourth-order valence-electron chi connectivity index (χ4n) is 4.08. The van der Waals surface area contributed by atoms with Gasteiger partial charge in [0.05, 0.1) is 0 Å². The second-order valence-electron chi connectivity index (χ2n) is 7.31. The highest BCUT2D eigenvalue weighted by molar-refractivity contribution is 5.93. The molecule has 6 nitrogen and oxygen atoms in total. The number of likely N-dealkylation sites (tertiary alicyclic amines) is 2. The van der Waals surface area contributed by atoms with Crippen molar-refractivity contribution in [2.45, 2.75) is 13.8 Å². The van der Waals surface area contributed by atoms with Crippen molar-refractivity contribution in [1.82, 2.24) is 20.0 Å². The maximum Gasteiger partial charge on any atom is 0.274 e. The zero-order valence-corrected chi connectivity index (χ0v) is 13.8. The summed E-state index contributed by atoms with van der Waals surface area (Å²) in [6.45, 7) is 7.93. The third kappa shape index (κ3) is 2.37. The van der Waals surface area contributed by atoms with E-state index in [4.69, 9.17) is 4.42 Å². The molecule has 4 rings (SSSR count). The van der Waals surface area contributed by atoms with Gasteiger partial charge in [-0.2, -0.15) is 5.10 Å². The van der Waals surface area contributed by atoms with E-state index in [0.717, 1.165) is 37.6 Å². The number of carbonyl (C=O) groups is 1. The molecule has 2 aliphatic rings. The third-order valence-corrected chi connectivity index (χ3v) is 5.23. The molecule has 2 aromatic heterocycles. The number of H-pyrrole nitrogens is 1. The van der Waals surface area contributed by atoms with E-state index < -0.39 is 0 Å². The highest BCUT2D eigenvalue weighted by Gasteiger charge is 2.49. The summed E-state index contributed by atoms with van der Waals surface area (Å²) < 4.78 is 5.57. The molecule has 2 atom stereocenters. The number of nitrogens with one attached hydrogen (secondary N) is 1. The molecule has 0 aliphatic carbocycles. The van der Waals surface area contributed by atoms with Crippen LogP contribution in [0.5, 0.6) is 0 Å². The summed E-state index contributed by atoms with van der Waals surface area (Å²) in [5, 5.41) is 7.10. The Bertz CT molecular complexity index is 749. The summed E-state index contributed by atoms with van der Waals surface area (Å²) in [5.74, 6) is 2.12. The fraction of sp³-hybridized carbons (Fsp3) is 0.529. The topological polar surface area (TPSA) is 65.4 Å². The Morgan fingerprint density at radius 2 is 2.22 bits per heavy atom. The van der Waals surface area contributed by atoms with Crippen LogP contribution >= 0.6 is 0 Å². The van der Waals surface area contributed by atoms with Crippen LogP contribution in [0.4, 0.5) is 0 Å². The van der Waals surface area contributed by atoms with Crippen LogP contribution in [0.25, 0.3) is 11.5 Å². The van der Waals surface area contributed by atoms with Gasteiger partial charge in [-0.25, -0.2) is 0 Å². The van der Waals surface area contributed by atoms with Crippen molar-refractivity contribution in [3.05, 3.63) is 29.7 Å². The Labute approximate surface area is 135 Å². The SMILES string of the molecule is Cc1ccc(-c2cc(C(=O)N3C[C@H]4CN(C)C[C@@]4(C)C3)n[nH]2)o1. The molecule has 0 saturated carbocycles. The molecule has 0 unspecified atom stereocenters. The number of furan rings is 1. The summed E-state index contributed by atoms with van der Waals surface area (Å²) in [6.07, 6.45) is 0. The van der Waals surface area contributed by atoms with Gasteiger partial charge in [-0.05, 0) is 32.0 Å². The molecule has 2 saturated heterocycles. The highest BCUT2D eigenvalue weighted by Crippen LogP contribution is 2.41. The van der Waals surface area contributed by atoms with Gasteiger partial charge in [0.25, 0.3) is 5.91 Å². The van der Waals surface area contributed by atoms with Crippen molar-refractivity contribution in [3.8, 4) is 11.5 Å². The molecule has 0 aromatic carbocycles. The van der Waals surface area contributed by atoms with E-state index in [9.17, 15) is 4.79 Å². The van der Waals surface area contributed by atoms with Gasteiger partial charge in [-0.3, -0.25) is 9.89 Å². The molecule has 6 heteroatoms. The van der Waals surface area contributed by atoms with Crippen molar-refractivity contribution < 1.29 is 9.21 Å². The van der Waals surface area contributed by atoms with E-state index in [-0.39, 0.29) is 11.3 Å². The Hall–Kier alpha value is -2.08. The molecule has 2 aliphatic heterocycles. The molecule has 4 heterocycles. The maximum atomic E-state index is 12.8. The number of carbonyl (C=O) groups excluding carboxylic acids is 1. The van der Waals surface area contributed by atoms with Crippen LogP contribution in [-0.4, -0.2) is 59.1 Å². The number of fused-ring (bicyclic) bond motifs is 1. The number of aromatic amines is 1. The molecule has 1 amide bonds. The Morgan fingerprint density at radius 3 is 2.91 bits per heavy atom. The van der Waals surface area contributed by atoms with Crippen LogP contribution in [0, 0.1) is 18.3 Å². The number of aryl methyl sites for hydroxylation is 1. The van der Waals surface area contributed by atoms with Gasteiger partial charge in [0.2, 0.25) is 0 Å². The fourth-order valence-corrected chi connectivity index (χ4v) is 4.08. The molecule has 1 N–H and O–H groups in total. The first-order valence-corrected chi connectivity index (χ1v) is 8.05.